The summed E-state index contributed by atoms with van der Waals surface area (Å²) in [6, 6.07) is -4.13. The molecule has 3 amide bonds. The Morgan fingerprint density at radius 2 is 1.52 bits per heavy atom. The van der Waals surface area contributed by atoms with E-state index in [2.05, 4.69) is 0 Å². The second-order valence-electron chi connectivity index (χ2n) is 9.63. The van der Waals surface area contributed by atoms with E-state index in [0.717, 1.165) is 0 Å². The van der Waals surface area contributed by atoms with Crippen LogP contribution in [0.2, 0.25) is 0 Å². The first kappa shape index (κ1) is 26.0. The standard InChI is InChI=1S/C19H26F6N2O6/c1-16(2,3)27-13(28)9(12(18(20,21)22)19(23,24)25)26(15(27)29)7-8-10-11(14(30-6)31-8)33-17(4,5)32-10/h8-12,14H,7H2,1-6H3/t8-,9-,10-,11-,14-/m1/s1. The second kappa shape index (κ2) is 7.95. The van der Waals surface area contributed by atoms with Gasteiger partial charge in [0.25, 0.3) is 5.91 Å². The normalized spacial score (nSPS) is 32.9. The van der Waals surface area contributed by atoms with Gasteiger partial charge in [-0.2, -0.15) is 26.3 Å². The fourth-order valence-electron chi connectivity index (χ4n) is 4.46. The minimum atomic E-state index is -5.84. The number of imide groups is 1. The zero-order chi connectivity index (χ0) is 25.3. The average Bonchev–Trinajstić information content (AvgIpc) is 3.14. The molecule has 5 atom stereocenters. The Bertz CT molecular complexity index is 781. The number of carbonyl (C=O) groups excluding carboxylic acids is 2. The van der Waals surface area contributed by atoms with Gasteiger partial charge in [0, 0.05) is 12.6 Å². The molecule has 0 aromatic rings. The monoisotopic (exact) mass is 492 g/mol. The summed E-state index contributed by atoms with van der Waals surface area (Å²) in [5, 5.41) is 0. The average molecular weight is 492 g/mol. The Hall–Kier alpha value is -1.64. The van der Waals surface area contributed by atoms with E-state index in [1.54, 1.807) is 13.8 Å². The van der Waals surface area contributed by atoms with E-state index in [-0.39, 0.29) is 4.90 Å². The van der Waals surface area contributed by atoms with E-state index in [4.69, 9.17) is 18.9 Å². The van der Waals surface area contributed by atoms with Gasteiger partial charge in [0.05, 0.1) is 6.54 Å². The van der Waals surface area contributed by atoms with Crippen molar-refractivity contribution in [2.75, 3.05) is 13.7 Å². The molecule has 0 aliphatic carbocycles. The second-order valence-corrected chi connectivity index (χ2v) is 9.63. The lowest BCUT2D eigenvalue weighted by Gasteiger charge is -2.33. The van der Waals surface area contributed by atoms with E-state index in [9.17, 15) is 35.9 Å². The molecule has 3 heterocycles. The summed E-state index contributed by atoms with van der Waals surface area (Å²) in [4.78, 5) is 26.6. The largest absolute Gasteiger partial charge is 0.403 e. The molecule has 0 spiro atoms. The highest BCUT2D eigenvalue weighted by atomic mass is 19.4. The Morgan fingerprint density at radius 1 is 1.00 bits per heavy atom. The van der Waals surface area contributed by atoms with Gasteiger partial charge >= 0.3 is 18.4 Å². The lowest BCUT2D eigenvalue weighted by molar-refractivity contribution is -0.294. The van der Waals surface area contributed by atoms with Crippen molar-refractivity contribution in [1.82, 2.24) is 9.80 Å². The van der Waals surface area contributed by atoms with Crippen molar-refractivity contribution in [3.05, 3.63) is 0 Å². The predicted molar refractivity (Wildman–Crippen MR) is 97.6 cm³/mol. The van der Waals surface area contributed by atoms with Crippen LogP contribution in [0.25, 0.3) is 0 Å². The van der Waals surface area contributed by atoms with Gasteiger partial charge in [0.15, 0.2) is 18.0 Å². The topological polar surface area (TPSA) is 77.5 Å². The lowest BCUT2D eigenvalue weighted by atomic mass is 9.95. The number of amides is 3. The Balaban J connectivity index is 2.01. The van der Waals surface area contributed by atoms with Gasteiger partial charge in [0.2, 0.25) is 0 Å². The van der Waals surface area contributed by atoms with Crippen LogP contribution in [-0.4, -0.2) is 89.7 Å². The zero-order valence-corrected chi connectivity index (χ0v) is 18.8. The highest BCUT2D eigenvalue weighted by Gasteiger charge is 2.68. The van der Waals surface area contributed by atoms with Gasteiger partial charge in [-0.1, -0.05) is 0 Å². The maximum atomic E-state index is 13.6. The van der Waals surface area contributed by atoms with E-state index in [1.807, 2.05) is 0 Å². The van der Waals surface area contributed by atoms with Crippen LogP contribution in [0.5, 0.6) is 0 Å². The number of urea groups is 1. The SMILES string of the molecule is CO[C@@H]1O[C@H](CN2C(=O)N(C(C)(C)C)C(=O)[C@H]2C(C(F)(F)F)C(F)(F)F)[C@H]2OC(C)(C)O[C@@H]12. The van der Waals surface area contributed by atoms with Crippen molar-refractivity contribution < 1.29 is 54.9 Å². The molecule has 3 aliphatic rings. The van der Waals surface area contributed by atoms with Crippen molar-refractivity contribution in [3.8, 4) is 0 Å². The van der Waals surface area contributed by atoms with Crippen molar-refractivity contribution >= 4 is 11.9 Å². The fourth-order valence-corrected chi connectivity index (χ4v) is 4.46. The zero-order valence-electron chi connectivity index (χ0n) is 18.8. The molecule has 0 aromatic heterocycles. The Labute approximate surface area is 186 Å². The molecule has 0 saturated carbocycles. The minimum absolute atomic E-state index is 0.272. The number of alkyl halides is 6. The molecule has 0 unspecified atom stereocenters. The number of ether oxygens (including phenoxy) is 4. The van der Waals surface area contributed by atoms with Crippen molar-refractivity contribution in [2.24, 2.45) is 5.92 Å². The molecule has 3 saturated heterocycles. The van der Waals surface area contributed by atoms with Crippen molar-refractivity contribution in [1.29, 1.82) is 0 Å². The molecule has 190 valence electrons. The molecule has 3 fully saturated rings. The maximum Gasteiger partial charge on any atom is 0.403 e. The van der Waals surface area contributed by atoms with Gasteiger partial charge < -0.3 is 23.8 Å². The number of halogens is 6. The van der Waals surface area contributed by atoms with Crippen LogP contribution in [0.15, 0.2) is 0 Å². The molecule has 33 heavy (non-hydrogen) atoms. The van der Waals surface area contributed by atoms with Crippen LogP contribution >= 0.6 is 0 Å². The Kier molecular flexibility index (Phi) is 6.26. The van der Waals surface area contributed by atoms with Gasteiger partial charge in [-0.25, -0.2) is 4.79 Å². The highest BCUT2D eigenvalue weighted by molar-refractivity contribution is 6.05. The summed E-state index contributed by atoms with van der Waals surface area (Å²) in [5.74, 6) is -6.80. The highest BCUT2D eigenvalue weighted by Crippen LogP contribution is 2.47. The van der Waals surface area contributed by atoms with Gasteiger partial charge in [-0.15, -0.1) is 0 Å². The lowest BCUT2D eigenvalue weighted by Crippen LogP contribution is -2.55. The molecule has 0 aromatic carbocycles. The summed E-state index contributed by atoms with van der Waals surface area (Å²) in [6.45, 7) is 6.35. The molecular weight excluding hydrogens is 466 g/mol. The fraction of sp³-hybridized carbons (Fsp3) is 0.895. The summed E-state index contributed by atoms with van der Waals surface area (Å²) in [6.07, 6.45) is -15.7. The molecular formula is C19H26F6N2O6. The molecule has 3 rings (SSSR count). The van der Waals surface area contributed by atoms with E-state index >= 15 is 0 Å². The predicted octanol–water partition coefficient (Wildman–Crippen LogP) is 3.05. The van der Waals surface area contributed by atoms with Gasteiger partial charge in [-0.3, -0.25) is 9.69 Å². The smallest absolute Gasteiger partial charge is 0.353 e. The van der Waals surface area contributed by atoms with Crippen molar-refractivity contribution in [3.63, 3.8) is 0 Å². The first-order valence-corrected chi connectivity index (χ1v) is 10.1. The molecule has 0 N–H and O–H groups in total. The number of fused-ring (bicyclic) bond motifs is 1. The summed E-state index contributed by atoms with van der Waals surface area (Å²) in [5.41, 5.74) is -1.37. The third-order valence-corrected chi connectivity index (χ3v) is 5.65. The Morgan fingerprint density at radius 3 is 1.97 bits per heavy atom. The van der Waals surface area contributed by atoms with E-state index in [0.29, 0.717) is 4.90 Å². The molecule has 0 bridgehead atoms. The molecule has 14 heteroatoms. The van der Waals surface area contributed by atoms with Crippen LogP contribution in [0.3, 0.4) is 0 Å². The first-order chi connectivity index (χ1) is 14.8. The number of rotatable bonds is 4. The van der Waals surface area contributed by atoms with Gasteiger partial charge in [0.1, 0.15) is 24.4 Å². The van der Waals surface area contributed by atoms with Crippen LogP contribution in [0.4, 0.5) is 31.1 Å². The summed E-state index contributed by atoms with van der Waals surface area (Å²) < 4.78 is 104. The third-order valence-electron chi connectivity index (χ3n) is 5.65. The number of nitrogens with zero attached hydrogens (tertiary/aromatic N) is 2. The molecule has 3 aliphatic heterocycles. The van der Waals surface area contributed by atoms with Crippen LogP contribution in [-0.2, 0) is 23.7 Å². The van der Waals surface area contributed by atoms with Gasteiger partial charge in [-0.05, 0) is 34.6 Å². The number of hydrogen-bond donors (Lipinski definition) is 0. The number of hydrogen-bond acceptors (Lipinski definition) is 6. The summed E-state index contributed by atoms with van der Waals surface area (Å²) >= 11 is 0. The third kappa shape index (κ3) is 4.66. The minimum Gasteiger partial charge on any atom is -0.353 e. The summed E-state index contributed by atoms with van der Waals surface area (Å²) in [7, 11) is 1.27. The van der Waals surface area contributed by atoms with Crippen LogP contribution < -0.4 is 0 Å². The number of carbonyl (C=O) groups is 2. The maximum absolute atomic E-state index is 13.6. The molecule has 0 radical (unpaired) electrons. The number of methoxy groups -OCH3 is 1. The van der Waals surface area contributed by atoms with E-state index < -0.39 is 78.7 Å². The quantitative estimate of drug-likeness (QED) is 0.444. The van der Waals surface area contributed by atoms with Crippen LogP contribution in [0.1, 0.15) is 34.6 Å². The van der Waals surface area contributed by atoms with E-state index in [1.165, 1.54) is 27.9 Å². The van der Waals surface area contributed by atoms with Crippen molar-refractivity contribution in [2.45, 2.75) is 88.9 Å². The van der Waals surface area contributed by atoms with Crippen LogP contribution in [0, 0.1) is 5.92 Å². The molecule has 8 nitrogen and oxygen atoms in total. The first-order valence-electron chi connectivity index (χ1n) is 10.1.